The predicted molar refractivity (Wildman–Crippen MR) is 84.8 cm³/mol. The predicted octanol–water partition coefficient (Wildman–Crippen LogP) is 1.39. The van der Waals surface area contributed by atoms with E-state index < -0.39 is 21.1 Å². The first-order chi connectivity index (χ1) is 10.7. The molecule has 0 unspecified atom stereocenters. The van der Waals surface area contributed by atoms with Gasteiger partial charge in [0.05, 0.1) is 22.5 Å². The topological polar surface area (TPSA) is 101 Å². The molecule has 2 N–H and O–H groups in total. The van der Waals surface area contributed by atoms with Gasteiger partial charge in [-0.3, -0.25) is 9.59 Å². The highest BCUT2D eigenvalue weighted by atomic mass is 32.2. The molecule has 0 heterocycles. The first-order valence-corrected chi connectivity index (χ1v) is 9.09. The van der Waals surface area contributed by atoms with Gasteiger partial charge in [-0.1, -0.05) is 12.1 Å². The second-order valence-corrected chi connectivity index (χ2v) is 8.69. The Labute approximate surface area is 135 Å². The van der Waals surface area contributed by atoms with Crippen LogP contribution in [0.2, 0.25) is 0 Å². The van der Waals surface area contributed by atoms with Crippen LogP contribution < -0.4 is 5.32 Å². The quantitative estimate of drug-likeness (QED) is 0.816. The minimum absolute atomic E-state index is 0.0795. The maximum Gasteiger partial charge on any atom is 0.306 e. The van der Waals surface area contributed by atoms with E-state index >= 15 is 0 Å². The molecule has 1 saturated carbocycles. The Balaban J connectivity index is 1.89. The minimum atomic E-state index is -3.31. The summed E-state index contributed by atoms with van der Waals surface area (Å²) in [5.41, 5.74) is 0.722. The molecule has 2 rings (SSSR count). The number of aliphatic carboxylic acids is 1. The Morgan fingerprint density at radius 2 is 1.78 bits per heavy atom. The number of hydrogen-bond donors (Lipinski definition) is 2. The lowest BCUT2D eigenvalue weighted by Crippen LogP contribution is -2.47. The third-order valence-corrected chi connectivity index (χ3v) is 6.26. The largest absolute Gasteiger partial charge is 0.481 e. The molecule has 1 amide bonds. The minimum Gasteiger partial charge on any atom is -0.481 e. The number of nitrogens with one attached hydrogen (secondary N) is 1. The summed E-state index contributed by atoms with van der Waals surface area (Å²) in [5, 5.41) is 11.1. The van der Waals surface area contributed by atoms with Crippen LogP contribution >= 0.6 is 0 Å². The summed E-state index contributed by atoms with van der Waals surface area (Å²) in [4.78, 5) is 22.9. The van der Waals surface area contributed by atoms with E-state index in [0.717, 1.165) is 5.56 Å². The normalized spacial score (nSPS) is 20.8. The Morgan fingerprint density at radius 3 is 2.26 bits per heavy atom. The lowest BCUT2D eigenvalue weighted by molar-refractivity contribution is -0.146. The number of carboxylic acids is 1. The summed E-state index contributed by atoms with van der Waals surface area (Å²) in [6.45, 7) is 3.25. The maximum atomic E-state index is 12.0. The molecule has 0 aliphatic heterocycles. The molecule has 7 heteroatoms. The summed E-state index contributed by atoms with van der Waals surface area (Å²) in [5.74, 6) is -1.36. The molecule has 1 aliphatic carbocycles. The molecule has 0 aromatic heterocycles. The number of rotatable bonds is 6. The van der Waals surface area contributed by atoms with Crippen molar-refractivity contribution < 1.29 is 23.1 Å². The highest BCUT2D eigenvalue weighted by Crippen LogP contribution is 2.27. The number of carbonyl (C=O) groups is 2. The van der Waals surface area contributed by atoms with Crippen LogP contribution in [0, 0.1) is 5.92 Å². The van der Waals surface area contributed by atoms with Crippen molar-refractivity contribution in [3.63, 3.8) is 0 Å². The van der Waals surface area contributed by atoms with E-state index in [1.807, 2.05) is 0 Å². The van der Waals surface area contributed by atoms with Gasteiger partial charge in [-0.25, -0.2) is 8.42 Å². The van der Waals surface area contributed by atoms with E-state index in [2.05, 4.69) is 5.32 Å². The number of carboxylic acid groups (broad SMARTS) is 1. The van der Waals surface area contributed by atoms with Crippen LogP contribution in [0.5, 0.6) is 0 Å². The van der Waals surface area contributed by atoms with Crippen LogP contribution in [0.15, 0.2) is 29.2 Å². The summed E-state index contributed by atoms with van der Waals surface area (Å²) >= 11 is 0. The zero-order valence-electron chi connectivity index (χ0n) is 13.2. The van der Waals surface area contributed by atoms with Gasteiger partial charge in [0, 0.05) is 6.04 Å². The lowest BCUT2D eigenvalue weighted by atomic mass is 9.80. The lowest BCUT2D eigenvalue weighted by Gasteiger charge is -2.32. The van der Waals surface area contributed by atoms with Gasteiger partial charge in [0.2, 0.25) is 5.91 Å². The highest BCUT2D eigenvalue weighted by molar-refractivity contribution is 7.92. The second kappa shape index (κ2) is 6.70. The molecule has 6 nitrogen and oxygen atoms in total. The van der Waals surface area contributed by atoms with Crippen molar-refractivity contribution in [3.05, 3.63) is 29.8 Å². The summed E-state index contributed by atoms with van der Waals surface area (Å²) in [7, 11) is -3.31. The fourth-order valence-electron chi connectivity index (χ4n) is 2.47. The van der Waals surface area contributed by atoms with E-state index in [9.17, 15) is 18.0 Å². The number of amides is 1. The van der Waals surface area contributed by atoms with Crippen molar-refractivity contribution in [3.8, 4) is 0 Å². The third kappa shape index (κ3) is 4.10. The van der Waals surface area contributed by atoms with Gasteiger partial charge in [0.25, 0.3) is 0 Å². The molecule has 0 atom stereocenters. The standard InChI is InChI=1S/C16H21NO5S/c1-10(2)23(21,22)14-5-3-11(4-6-14)7-15(18)17-13-8-12(9-13)16(19)20/h3-6,10,12-13H,7-9H2,1-2H3,(H,17,18)(H,19,20). The average Bonchev–Trinajstić information content (AvgIpc) is 2.42. The average molecular weight is 339 g/mol. The van der Waals surface area contributed by atoms with Crippen LogP contribution in [-0.2, 0) is 25.8 Å². The number of carbonyl (C=O) groups excluding carboxylic acids is 1. The molecule has 1 aromatic rings. The van der Waals surface area contributed by atoms with Crippen molar-refractivity contribution in [2.45, 2.75) is 49.3 Å². The molecular weight excluding hydrogens is 318 g/mol. The zero-order chi connectivity index (χ0) is 17.2. The van der Waals surface area contributed by atoms with Crippen LogP contribution in [0.3, 0.4) is 0 Å². The second-order valence-electron chi connectivity index (χ2n) is 6.19. The molecule has 0 saturated heterocycles. The number of hydrogen-bond acceptors (Lipinski definition) is 4. The molecular formula is C16H21NO5S. The van der Waals surface area contributed by atoms with Crippen LogP contribution in [0.1, 0.15) is 32.3 Å². The fraction of sp³-hybridized carbons (Fsp3) is 0.500. The number of benzene rings is 1. The van der Waals surface area contributed by atoms with Gasteiger partial charge < -0.3 is 10.4 Å². The smallest absolute Gasteiger partial charge is 0.306 e. The van der Waals surface area contributed by atoms with Crippen molar-refractivity contribution in [2.75, 3.05) is 0 Å². The summed E-state index contributed by atoms with van der Waals surface area (Å²) < 4.78 is 24.0. The van der Waals surface area contributed by atoms with Crippen molar-refractivity contribution in [2.24, 2.45) is 5.92 Å². The molecule has 1 aliphatic rings. The Kier molecular flexibility index (Phi) is 5.09. The van der Waals surface area contributed by atoms with Gasteiger partial charge in [-0.2, -0.15) is 0 Å². The van der Waals surface area contributed by atoms with E-state index in [1.54, 1.807) is 26.0 Å². The fourth-order valence-corrected chi connectivity index (χ4v) is 3.53. The molecule has 23 heavy (non-hydrogen) atoms. The van der Waals surface area contributed by atoms with Crippen LogP contribution in [0.25, 0.3) is 0 Å². The van der Waals surface area contributed by atoms with E-state index in [-0.39, 0.29) is 29.2 Å². The van der Waals surface area contributed by atoms with E-state index in [0.29, 0.717) is 12.8 Å². The van der Waals surface area contributed by atoms with Crippen LogP contribution in [-0.4, -0.2) is 36.7 Å². The zero-order valence-corrected chi connectivity index (χ0v) is 14.0. The first kappa shape index (κ1) is 17.5. The number of sulfone groups is 1. The van der Waals surface area contributed by atoms with E-state index in [4.69, 9.17) is 5.11 Å². The Bertz CT molecular complexity index is 688. The monoisotopic (exact) mass is 339 g/mol. The van der Waals surface area contributed by atoms with Crippen molar-refractivity contribution in [1.29, 1.82) is 0 Å². The summed E-state index contributed by atoms with van der Waals surface area (Å²) in [6, 6.07) is 6.22. The van der Waals surface area contributed by atoms with Crippen molar-refractivity contribution >= 4 is 21.7 Å². The SMILES string of the molecule is CC(C)S(=O)(=O)c1ccc(CC(=O)NC2CC(C(=O)O)C2)cc1. The maximum absolute atomic E-state index is 12.0. The Morgan fingerprint density at radius 1 is 1.22 bits per heavy atom. The molecule has 0 spiro atoms. The first-order valence-electron chi connectivity index (χ1n) is 7.55. The molecule has 126 valence electrons. The Hall–Kier alpha value is -1.89. The van der Waals surface area contributed by atoms with Crippen LogP contribution in [0.4, 0.5) is 0 Å². The van der Waals surface area contributed by atoms with Gasteiger partial charge in [0.15, 0.2) is 9.84 Å². The van der Waals surface area contributed by atoms with Gasteiger partial charge in [-0.05, 0) is 44.4 Å². The van der Waals surface area contributed by atoms with Gasteiger partial charge in [-0.15, -0.1) is 0 Å². The molecule has 0 radical (unpaired) electrons. The molecule has 1 aromatic carbocycles. The molecule has 1 fully saturated rings. The molecule has 0 bridgehead atoms. The van der Waals surface area contributed by atoms with Gasteiger partial charge >= 0.3 is 5.97 Å². The van der Waals surface area contributed by atoms with E-state index in [1.165, 1.54) is 12.1 Å². The van der Waals surface area contributed by atoms with Crippen molar-refractivity contribution in [1.82, 2.24) is 5.32 Å². The van der Waals surface area contributed by atoms with Gasteiger partial charge in [0.1, 0.15) is 0 Å². The summed E-state index contributed by atoms with van der Waals surface area (Å²) in [6.07, 6.45) is 1.08. The highest BCUT2D eigenvalue weighted by Gasteiger charge is 2.35. The third-order valence-electron chi connectivity index (χ3n) is 4.09.